The highest BCUT2D eigenvalue weighted by Crippen LogP contribution is 2.17. The molecule has 0 amide bonds. The van der Waals surface area contributed by atoms with Crippen LogP contribution in [0.5, 0.6) is 5.75 Å². The second kappa shape index (κ2) is 5.80. The van der Waals surface area contributed by atoms with E-state index in [2.05, 4.69) is 34.7 Å². The molecule has 1 heterocycles. The number of aromatic hydroxyl groups is 1. The summed E-state index contributed by atoms with van der Waals surface area (Å²) in [4.78, 5) is 3.29. The highest BCUT2D eigenvalue weighted by molar-refractivity contribution is 5.83. The third kappa shape index (κ3) is 2.83. The third-order valence-electron chi connectivity index (χ3n) is 3.49. The number of fused-ring (bicyclic) bond motifs is 1. The van der Waals surface area contributed by atoms with Crippen LogP contribution in [0, 0.1) is 0 Å². The molecule has 1 aromatic heterocycles. The van der Waals surface area contributed by atoms with Crippen LogP contribution in [0.25, 0.3) is 10.9 Å². The first-order chi connectivity index (χ1) is 9.83. The van der Waals surface area contributed by atoms with E-state index in [1.807, 2.05) is 18.2 Å². The van der Waals surface area contributed by atoms with Gasteiger partial charge in [-0.25, -0.2) is 0 Å². The van der Waals surface area contributed by atoms with Gasteiger partial charge in [-0.2, -0.15) is 0 Å². The molecule has 3 nitrogen and oxygen atoms in total. The molecule has 3 aromatic rings. The molecule has 0 saturated heterocycles. The lowest BCUT2D eigenvalue weighted by Crippen LogP contribution is -2.16. The second-order valence-corrected chi connectivity index (χ2v) is 4.96. The van der Waals surface area contributed by atoms with Crippen LogP contribution in [0.1, 0.15) is 11.1 Å². The zero-order chi connectivity index (χ0) is 13.8. The summed E-state index contributed by atoms with van der Waals surface area (Å²) in [5, 5.41) is 14.1. The van der Waals surface area contributed by atoms with E-state index in [9.17, 15) is 5.11 Å². The fourth-order valence-electron chi connectivity index (χ4n) is 2.46. The van der Waals surface area contributed by atoms with Gasteiger partial charge in [0.2, 0.25) is 0 Å². The van der Waals surface area contributed by atoms with Crippen molar-refractivity contribution in [3.63, 3.8) is 0 Å². The van der Waals surface area contributed by atoms with Gasteiger partial charge in [-0.05, 0) is 42.3 Å². The lowest BCUT2D eigenvalue weighted by atomic mass is 10.1. The van der Waals surface area contributed by atoms with Gasteiger partial charge >= 0.3 is 0 Å². The van der Waals surface area contributed by atoms with Crippen LogP contribution in [-0.4, -0.2) is 16.6 Å². The van der Waals surface area contributed by atoms with E-state index in [1.165, 1.54) is 16.5 Å². The van der Waals surface area contributed by atoms with Crippen molar-refractivity contribution in [2.24, 2.45) is 0 Å². The molecular weight excluding hydrogens is 248 g/mol. The number of aromatic nitrogens is 1. The molecule has 0 spiro atoms. The monoisotopic (exact) mass is 266 g/mol. The maximum atomic E-state index is 9.41. The lowest BCUT2D eigenvalue weighted by Gasteiger charge is -2.05. The van der Waals surface area contributed by atoms with E-state index < -0.39 is 0 Å². The van der Waals surface area contributed by atoms with Gasteiger partial charge in [0.1, 0.15) is 5.75 Å². The fraction of sp³-hybridized carbons (Fsp3) is 0.176. The number of H-pyrrole nitrogens is 1. The average Bonchev–Trinajstić information content (AvgIpc) is 2.87. The number of phenolic OH excluding ortho intramolecular Hbond substituents is 1. The quantitative estimate of drug-likeness (QED) is 0.621. The fourth-order valence-corrected chi connectivity index (χ4v) is 2.46. The summed E-state index contributed by atoms with van der Waals surface area (Å²) in [7, 11) is 0. The predicted molar refractivity (Wildman–Crippen MR) is 81.8 cm³/mol. The van der Waals surface area contributed by atoms with Gasteiger partial charge in [-0.3, -0.25) is 0 Å². The summed E-state index contributed by atoms with van der Waals surface area (Å²) in [5.74, 6) is 0.320. The highest BCUT2D eigenvalue weighted by atomic mass is 16.3. The number of para-hydroxylation sites is 1. The molecule has 0 fully saturated rings. The van der Waals surface area contributed by atoms with Crippen molar-refractivity contribution in [1.29, 1.82) is 0 Å². The van der Waals surface area contributed by atoms with Crippen LogP contribution in [0.4, 0.5) is 0 Å². The Morgan fingerprint density at radius 2 is 1.95 bits per heavy atom. The van der Waals surface area contributed by atoms with Crippen LogP contribution in [-0.2, 0) is 13.0 Å². The summed E-state index contributed by atoms with van der Waals surface area (Å²) in [6.07, 6.45) is 3.07. The number of aromatic amines is 1. The Bertz CT molecular complexity index is 703. The minimum Gasteiger partial charge on any atom is -0.508 e. The largest absolute Gasteiger partial charge is 0.508 e. The zero-order valence-corrected chi connectivity index (χ0v) is 11.3. The van der Waals surface area contributed by atoms with Crippen LogP contribution in [0.2, 0.25) is 0 Å². The molecule has 20 heavy (non-hydrogen) atoms. The summed E-state index contributed by atoms with van der Waals surface area (Å²) in [6, 6.07) is 15.7. The molecule has 3 N–H and O–H groups in total. The normalized spacial score (nSPS) is 11.0. The first-order valence-electron chi connectivity index (χ1n) is 6.86. The van der Waals surface area contributed by atoms with Crippen molar-refractivity contribution in [3.05, 3.63) is 65.9 Å². The first-order valence-corrected chi connectivity index (χ1v) is 6.86. The van der Waals surface area contributed by atoms with Crippen LogP contribution >= 0.6 is 0 Å². The van der Waals surface area contributed by atoms with Crippen molar-refractivity contribution < 1.29 is 5.11 Å². The van der Waals surface area contributed by atoms with Gasteiger partial charge in [0.05, 0.1) is 0 Å². The lowest BCUT2D eigenvalue weighted by molar-refractivity contribution is 0.474. The number of nitrogens with one attached hydrogen (secondary N) is 2. The Balaban J connectivity index is 1.55. The number of rotatable bonds is 5. The van der Waals surface area contributed by atoms with Crippen LogP contribution in [0.3, 0.4) is 0 Å². The highest BCUT2D eigenvalue weighted by Gasteiger charge is 2.02. The van der Waals surface area contributed by atoms with E-state index in [4.69, 9.17) is 0 Å². The van der Waals surface area contributed by atoms with Crippen molar-refractivity contribution in [3.8, 4) is 5.75 Å². The molecule has 0 unspecified atom stereocenters. The van der Waals surface area contributed by atoms with Gasteiger partial charge < -0.3 is 15.4 Å². The van der Waals surface area contributed by atoms with E-state index in [0.29, 0.717) is 5.75 Å². The SMILES string of the molecule is Oc1cccc(CNCCc2c[nH]c3ccccc23)c1. The maximum Gasteiger partial charge on any atom is 0.115 e. The van der Waals surface area contributed by atoms with Gasteiger partial charge in [0.25, 0.3) is 0 Å². The second-order valence-electron chi connectivity index (χ2n) is 4.96. The smallest absolute Gasteiger partial charge is 0.115 e. The minimum atomic E-state index is 0.320. The predicted octanol–water partition coefficient (Wildman–Crippen LogP) is 3.21. The standard InChI is InChI=1S/C17H18N2O/c20-15-5-3-4-13(10-15)11-18-9-8-14-12-19-17-7-2-1-6-16(14)17/h1-7,10,12,18-20H,8-9,11H2. The first kappa shape index (κ1) is 12.8. The van der Waals surface area contributed by atoms with E-state index >= 15 is 0 Å². The number of phenols is 1. The molecule has 0 saturated carbocycles. The molecular formula is C17H18N2O. The van der Waals surface area contributed by atoms with Gasteiger partial charge in [0, 0.05) is 23.6 Å². The molecule has 0 atom stereocenters. The number of benzene rings is 2. The molecule has 0 aliphatic heterocycles. The molecule has 0 radical (unpaired) electrons. The minimum absolute atomic E-state index is 0.320. The van der Waals surface area contributed by atoms with Crippen molar-refractivity contribution in [2.45, 2.75) is 13.0 Å². The number of hydrogen-bond donors (Lipinski definition) is 3. The molecule has 0 aliphatic rings. The summed E-state index contributed by atoms with van der Waals surface area (Å²) in [6.45, 7) is 1.69. The molecule has 102 valence electrons. The van der Waals surface area contributed by atoms with Crippen molar-refractivity contribution in [2.75, 3.05) is 6.54 Å². The van der Waals surface area contributed by atoms with E-state index in [-0.39, 0.29) is 0 Å². The van der Waals surface area contributed by atoms with Gasteiger partial charge in [0.15, 0.2) is 0 Å². The molecule has 2 aromatic carbocycles. The van der Waals surface area contributed by atoms with Crippen molar-refractivity contribution in [1.82, 2.24) is 10.3 Å². The Morgan fingerprint density at radius 1 is 1.05 bits per heavy atom. The molecule has 0 bridgehead atoms. The summed E-state index contributed by atoms with van der Waals surface area (Å²) >= 11 is 0. The van der Waals surface area contributed by atoms with Gasteiger partial charge in [-0.15, -0.1) is 0 Å². The van der Waals surface area contributed by atoms with Crippen LogP contribution < -0.4 is 5.32 Å². The topological polar surface area (TPSA) is 48.0 Å². The van der Waals surface area contributed by atoms with Crippen molar-refractivity contribution >= 4 is 10.9 Å². The average molecular weight is 266 g/mol. The molecule has 0 aliphatic carbocycles. The molecule has 3 rings (SSSR count). The van der Waals surface area contributed by atoms with E-state index in [1.54, 1.807) is 12.1 Å². The summed E-state index contributed by atoms with van der Waals surface area (Å²) in [5.41, 5.74) is 3.63. The zero-order valence-electron chi connectivity index (χ0n) is 11.3. The van der Waals surface area contributed by atoms with E-state index in [0.717, 1.165) is 25.1 Å². The maximum absolute atomic E-state index is 9.41. The molecule has 3 heteroatoms. The number of hydrogen-bond acceptors (Lipinski definition) is 2. The van der Waals surface area contributed by atoms with Gasteiger partial charge in [-0.1, -0.05) is 30.3 Å². The van der Waals surface area contributed by atoms with Crippen LogP contribution in [0.15, 0.2) is 54.7 Å². The Kier molecular flexibility index (Phi) is 3.70. The summed E-state index contributed by atoms with van der Waals surface area (Å²) < 4.78 is 0. The Labute approximate surface area is 118 Å². The Morgan fingerprint density at radius 3 is 2.85 bits per heavy atom. The third-order valence-corrected chi connectivity index (χ3v) is 3.49. The Hall–Kier alpha value is -2.26.